The zero-order valence-corrected chi connectivity index (χ0v) is 13.1. The Morgan fingerprint density at radius 2 is 2.21 bits per heavy atom. The van der Waals surface area contributed by atoms with Crippen LogP contribution in [0.25, 0.3) is 0 Å². The largest absolute Gasteiger partial charge is 0.444 e. The number of aromatic nitrogens is 1. The van der Waals surface area contributed by atoms with Crippen LogP contribution in [-0.2, 0) is 11.3 Å². The summed E-state index contributed by atoms with van der Waals surface area (Å²) in [7, 11) is 0. The van der Waals surface area contributed by atoms with Gasteiger partial charge in [-0.3, -0.25) is 0 Å². The minimum Gasteiger partial charge on any atom is -0.444 e. The number of hydrogen-bond donors (Lipinski definition) is 2. The van der Waals surface area contributed by atoms with E-state index in [1.165, 1.54) is 4.88 Å². The second kappa shape index (κ2) is 6.86. The number of carbonyl (C=O) groups is 1. The van der Waals surface area contributed by atoms with Crippen molar-refractivity contribution >= 4 is 17.4 Å². The van der Waals surface area contributed by atoms with E-state index in [-0.39, 0.29) is 12.1 Å². The van der Waals surface area contributed by atoms with Crippen LogP contribution in [0.3, 0.4) is 0 Å². The molecule has 108 valence electrons. The van der Waals surface area contributed by atoms with E-state index in [1.54, 1.807) is 11.3 Å². The molecule has 0 bridgehead atoms. The average molecular weight is 285 g/mol. The highest BCUT2D eigenvalue weighted by Gasteiger charge is 2.16. The summed E-state index contributed by atoms with van der Waals surface area (Å²) in [5, 5.41) is 7.14. The fourth-order valence-corrected chi connectivity index (χ4v) is 2.13. The highest BCUT2D eigenvalue weighted by atomic mass is 32.1. The summed E-state index contributed by atoms with van der Waals surface area (Å²) < 4.78 is 5.17. The maximum absolute atomic E-state index is 11.5. The molecule has 0 aliphatic carbocycles. The van der Waals surface area contributed by atoms with Gasteiger partial charge in [0.05, 0.1) is 5.01 Å². The SMILES string of the molecule is Cc1ncc(CNC(C)CNC(=O)OC(C)(C)C)s1. The summed E-state index contributed by atoms with van der Waals surface area (Å²) >= 11 is 1.68. The molecule has 1 atom stereocenters. The minimum absolute atomic E-state index is 0.176. The van der Waals surface area contributed by atoms with Crippen molar-refractivity contribution in [1.29, 1.82) is 0 Å². The minimum atomic E-state index is -0.457. The molecular formula is C13H23N3O2S. The van der Waals surface area contributed by atoms with E-state index < -0.39 is 5.60 Å². The summed E-state index contributed by atoms with van der Waals surface area (Å²) in [5.74, 6) is 0. The first kappa shape index (κ1) is 15.9. The molecule has 0 saturated heterocycles. The molecule has 2 N–H and O–H groups in total. The predicted molar refractivity (Wildman–Crippen MR) is 77.4 cm³/mol. The molecular weight excluding hydrogens is 262 g/mol. The molecule has 1 aromatic heterocycles. The smallest absolute Gasteiger partial charge is 0.407 e. The molecule has 5 nitrogen and oxygen atoms in total. The number of nitrogens with zero attached hydrogens (tertiary/aromatic N) is 1. The van der Waals surface area contributed by atoms with Gasteiger partial charge in [-0.05, 0) is 34.6 Å². The molecule has 1 unspecified atom stereocenters. The molecule has 1 amide bonds. The maximum atomic E-state index is 11.5. The fraction of sp³-hybridized carbons (Fsp3) is 0.692. The summed E-state index contributed by atoms with van der Waals surface area (Å²) in [5.41, 5.74) is -0.457. The lowest BCUT2D eigenvalue weighted by Gasteiger charge is -2.21. The van der Waals surface area contributed by atoms with Gasteiger partial charge in [0.25, 0.3) is 0 Å². The van der Waals surface area contributed by atoms with Gasteiger partial charge >= 0.3 is 6.09 Å². The Morgan fingerprint density at radius 3 is 2.74 bits per heavy atom. The highest BCUT2D eigenvalue weighted by Crippen LogP contribution is 2.11. The van der Waals surface area contributed by atoms with Crippen LogP contribution >= 0.6 is 11.3 Å². The first-order chi connectivity index (χ1) is 8.76. The predicted octanol–water partition coefficient (Wildman–Crippen LogP) is 2.45. The molecule has 0 aromatic carbocycles. The first-order valence-corrected chi connectivity index (χ1v) is 7.19. The average Bonchev–Trinajstić information content (AvgIpc) is 2.67. The van der Waals surface area contributed by atoms with Gasteiger partial charge in [0.15, 0.2) is 0 Å². The Balaban J connectivity index is 2.21. The number of nitrogens with one attached hydrogen (secondary N) is 2. The number of ether oxygens (including phenoxy) is 1. The van der Waals surface area contributed by atoms with Gasteiger partial charge in [-0.15, -0.1) is 11.3 Å². The summed E-state index contributed by atoms with van der Waals surface area (Å²) in [4.78, 5) is 16.9. The summed E-state index contributed by atoms with van der Waals surface area (Å²) in [6.07, 6.45) is 1.50. The third-order valence-electron chi connectivity index (χ3n) is 2.25. The van der Waals surface area contributed by atoms with Gasteiger partial charge in [-0.1, -0.05) is 0 Å². The van der Waals surface area contributed by atoms with Crippen LogP contribution in [0.1, 0.15) is 37.6 Å². The Labute approximate surface area is 118 Å². The number of hydrogen-bond acceptors (Lipinski definition) is 5. The van der Waals surface area contributed by atoms with E-state index in [0.29, 0.717) is 6.54 Å². The van der Waals surface area contributed by atoms with Crippen molar-refractivity contribution < 1.29 is 9.53 Å². The van der Waals surface area contributed by atoms with Gasteiger partial charge in [0.2, 0.25) is 0 Å². The first-order valence-electron chi connectivity index (χ1n) is 6.38. The molecule has 1 heterocycles. The van der Waals surface area contributed by atoms with E-state index >= 15 is 0 Å². The third kappa shape index (κ3) is 7.12. The van der Waals surface area contributed by atoms with E-state index in [4.69, 9.17) is 4.74 Å². The lowest BCUT2D eigenvalue weighted by Crippen LogP contribution is -2.40. The van der Waals surface area contributed by atoms with Gasteiger partial charge in [0.1, 0.15) is 5.60 Å². The molecule has 19 heavy (non-hydrogen) atoms. The van der Waals surface area contributed by atoms with Crippen molar-refractivity contribution in [2.24, 2.45) is 0 Å². The van der Waals surface area contributed by atoms with Crippen LogP contribution in [0.5, 0.6) is 0 Å². The van der Waals surface area contributed by atoms with Crippen LogP contribution in [0.15, 0.2) is 6.20 Å². The number of alkyl carbamates (subject to hydrolysis) is 1. The molecule has 0 spiro atoms. The quantitative estimate of drug-likeness (QED) is 0.872. The normalized spacial score (nSPS) is 13.1. The Morgan fingerprint density at radius 1 is 1.53 bits per heavy atom. The second-order valence-corrected chi connectivity index (χ2v) is 6.83. The summed E-state index contributed by atoms with van der Waals surface area (Å²) in [6, 6.07) is 0.176. The van der Waals surface area contributed by atoms with Gasteiger partial charge in [-0.2, -0.15) is 0 Å². The van der Waals surface area contributed by atoms with Crippen molar-refractivity contribution in [3.8, 4) is 0 Å². The second-order valence-electron chi connectivity index (χ2n) is 5.51. The molecule has 1 rings (SSSR count). The Bertz CT molecular complexity index is 412. The number of thiazole rings is 1. The zero-order valence-electron chi connectivity index (χ0n) is 12.2. The number of amides is 1. The third-order valence-corrected chi connectivity index (χ3v) is 3.16. The highest BCUT2D eigenvalue weighted by molar-refractivity contribution is 7.11. The molecule has 0 aliphatic rings. The Hall–Kier alpha value is -1.14. The lowest BCUT2D eigenvalue weighted by atomic mass is 10.2. The topological polar surface area (TPSA) is 63.2 Å². The van der Waals surface area contributed by atoms with Crippen LogP contribution in [-0.4, -0.2) is 29.3 Å². The molecule has 0 aliphatic heterocycles. The van der Waals surface area contributed by atoms with Crippen LogP contribution in [0.4, 0.5) is 4.79 Å². The van der Waals surface area contributed by atoms with Gasteiger partial charge < -0.3 is 15.4 Å². The van der Waals surface area contributed by atoms with Gasteiger partial charge in [-0.25, -0.2) is 9.78 Å². The number of carbonyl (C=O) groups excluding carboxylic acids is 1. The van der Waals surface area contributed by atoms with Crippen molar-refractivity contribution in [3.05, 3.63) is 16.1 Å². The van der Waals surface area contributed by atoms with Crippen molar-refractivity contribution in [2.45, 2.75) is 52.8 Å². The van der Waals surface area contributed by atoms with E-state index in [0.717, 1.165) is 11.6 Å². The molecule has 0 fully saturated rings. The fourth-order valence-electron chi connectivity index (χ4n) is 1.38. The zero-order chi connectivity index (χ0) is 14.5. The van der Waals surface area contributed by atoms with E-state index in [1.807, 2.05) is 40.8 Å². The molecule has 0 radical (unpaired) electrons. The molecule has 6 heteroatoms. The van der Waals surface area contributed by atoms with Crippen molar-refractivity contribution in [3.63, 3.8) is 0 Å². The van der Waals surface area contributed by atoms with E-state index in [2.05, 4.69) is 15.6 Å². The van der Waals surface area contributed by atoms with Crippen LogP contribution < -0.4 is 10.6 Å². The Kier molecular flexibility index (Phi) is 5.75. The molecule has 0 saturated carbocycles. The maximum Gasteiger partial charge on any atom is 0.407 e. The number of rotatable bonds is 5. The number of aryl methyl sites for hydroxylation is 1. The molecule has 1 aromatic rings. The van der Waals surface area contributed by atoms with Crippen molar-refractivity contribution in [1.82, 2.24) is 15.6 Å². The monoisotopic (exact) mass is 285 g/mol. The van der Waals surface area contributed by atoms with Crippen molar-refractivity contribution in [2.75, 3.05) is 6.54 Å². The van der Waals surface area contributed by atoms with Crippen LogP contribution in [0, 0.1) is 6.92 Å². The summed E-state index contributed by atoms with van der Waals surface area (Å²) in [6.45, 7) is 10.9. The standard InChI is InChI=1S/C13H23N3O2S/c1-9(6-16-12(17)18-13(3,4)5)14-7-11-8-15-10(2)19-11/h8-9,14H,6-7H2,1-5H3,(H,16,17). The van der Waals surface area contributed by atoms with Crippen LogP contribution in [0.2, 0.25) is 0 Å². The van der Waals surface area contributed by atoms with Gasteiger partial charge in [0, 0.05) is 30.2 Å². The van der Waals surface area contributed by atoms with E-state index in [9.17, 15) is 4.79 Å². The lowest BCUT2D eigenvalue weighted by molar-refractivity contribution is 0.0523.